The fraction of sp³-hybridized carbons (Fsp3) is 0.550. The predicted octanol–water partition coefficient (Wildman–Crippen LogP) is 3.49. The number of aliphatic hydroxyl groups excluding tert-OH is 1. The molecule has 1 saturated heterocycles. The summed E-state index contributed by atoms with van der Waals surface area (Å²) in [6, 6.07) is 8.97. The first-order valence-electron chi connectivity index (χ1n) is 9.01. The van der Waals surface area contributed by atoms with Crippen molar-refractivity contribution in [3.63, 3.8) is 0 Å². The second kappa shape index (κ2) is 7.49. The standard InChI is InChI=1S/C20H29N3O/c1-15(2)17-8-6-16(7-9-17)13-23-11-4-5-18(14-23)19(24)20-21-10-12-22(20)3/h6-10,12,15,18-19,24H,4-5,11,13-14H2,1-3H3. The second-order valence-corrected chi connectivity index (χ2v) is 7.37. The van der Waals surface area contributed by atoms with Gasteiger partial charge in [-0.15, -0.1) is 0 Å². The Bertz CT molecular complexity index is 647. The van der Waals surface area contributed by atoms with Crippen molar-refractivity contribution in [2.24, 2.45) is 13.0 Å². The molecule has 1 N–H and O–H groups in total. The molecule has 0 aliphatic carbocycles. The largest absolute Gasteiger partial charge is 0.385 e. The predicted molar refractivity (Wildman–Crippen MR) is 96.7 cm³/mol. The molecule has 1 aromatic carbocycles. The highest BCUT2D eigenvalue weighted by molar-refractivity contribution is 5.24. The fourth-order valence-electron chi connectivity index (χ4n) is 3.63. The van der Waals surface area contributed by atoms with E-state index in [-0.39, 0.29) is 5.92 Å². The van der Waals surface area contributed by atoms with Crippen molar-refractivity contribution in [2.45, 2.75) is 45.3 Å². The molecule has 2 aromatic rings. The minimum absolute atomic E-state index is 0.259. The maximum absolute atomic E-state index is 10.7. The number of nitrogens with zero attached hydrogens (tertiary/aromatic N) is 3. The van der Waals surface area contributed by atoms with E-state index in [2.05, 4.69) is 48.0 Å². The minimum Gasteiger partial charge on any atom is -0.385 e. The molecule has 130 valence electrons. The highest BCUT2D eigenvalue weighted by Gasteiger charge is 2.29. The van der Waals surface area contributed by atoms with Gasteiger partial charge in [-0.1, -0.05) is 38.1 Å². The lowest BCUT2D eigenvalue weighted by Crippen LogP contribution is -2.37. The summed E-state index contributed by atoms with van der Waals surface area (Å²) >= 11 is 0. The number of hydrogen-bond donors (Lipinski definition) is 1. The number of aliphatic hydroxyl groups is 1. The first-order chi connectivity index (χ1) is 11.5. The van der Waals surface area contributed by atoms with Crippen molar-refractivity contribution in [2.75, 3.05) is 13.1 Å². The monoisotopic (exact) mass is 327 g/mol. The number of aryl methyl sites for hydroxylation is 1. The molecule has 3 rings (SSSR count). The van der Waals surface area contributed by atoms with Crippen molar-refractivity contribution in [1.29, 1.82) is 0 Å². The average molecular weight is 327 g/mol. The van der Waals surface area contributed by atoms with Gasteiger partial charge in [-0.3, -0.25) is 4.90 Å². The van der Waals surface area contributed by atoms with E-state index in [0.29, 0.717) is 5.92 Å². The summed E-state index contributed by atoms with van der Waals surface area (Å²) < 4.78 is 1.92. The van der Waals surface area contributed by atoms with Crippen LogP contribution in [0, 0.1) is 5.92 Å². The van der Waals surface area contributed by atoms with Gasteiger partial charge in [0.25, 0.3) is 0 Å². The summed E-state index contributed by atoms with van der Waals surface area (Å²) in [5, 5.41) is 10.7. The molecule has 2 atom stereocenters. The number of imidazole rings is 1. The molecule has 0 spiro atoms. The van der Waals surface area contributed by atoms with Crippen molar-refractivity contribution in [3.05, 3.63) is 53.6 Å². The lowest BCUT2D eigenvalue weighted by atomic mass is 9.91. The van der Waals surface area contributed by atoms with Crippen LogP contribution in [0.3, 0.4) is 0 Å². The molecule has 2 heterocycles. The van der Waals surface area contributed by atoms with Gasteiger partial charge in [0, 0.05) is 38.4 Å². The molecule has 1 fully saturated rings. The SMILES string of the molecule is CC(C)c1ccc(CN2CCCC(C(O)c3nccn3C)C2)cc1. The van der Waals surface area contributed by atoms with E-state index in [1.54, 1.807) is 6.20 Å². The van der Waals surface area contributed by atoms with Gasteiger partial charge in [-0.05, 0) is 36.4 Å². The van der Waals surface area contributed by atoms with E-state index in [1.165, 1.54) is 11.1 Å². The van der Waals surface area contributed by atoms with Crippen LogP contribution in [-0.2, 0) is 13.6 Å². The Kier molecular flexibility index (Phi) is 5.36. The van der Waals surface area contributed by atoms with Crippen molar-refractivity contribution < 1.29 is 5.11 Å². The number of aromatic nitrogens is 2. The minimum atomic E-state index is -0.476. The molecular weight excluding hydrogens is 298 g/mol. The smallest absolute Gasteiger partial charge is 0.137 e. The quantitative estimate of drug-likeness (QED) is 0.914. The number of likely N-dealkylation sites (tertiary alicyclic amines) is 1. The van der Waals surface area contributed by atoms with Crippen molar-refractivity contribution in [3.8, 4) is 0 Å². The summed E-state index contributed by atoms with van der Waals surface area (Å²) in [4.78, 5) is 6.78. The van der Waals surface area contributed by atoms with Gasteiger partial charge >= 0.3 is 0 Å². The molecule has 1 aliphatic rings. The molecule has 24 heavy (non-hydrogen) atoms. The van der Waals surface area contributed by atoms with Crippen LogP contribution in [0.1, 0.15) is 55.7 Å². The third-order valence-corrected chi connectivity index (χ3v) is 5.16. The maximum atomic E-state index is 10.7. The van der Waals surface area contributed by atoms with E-state index in [1.807, 2.05) is 17.8 Å². The Hall–Kier alpha value is -1.65. The summed E-state index contributed by atoms with van der Waals surface area (Å²) in [5.74, 6) is 1.62. The van der Waals surface area contributed by atoms with E-state index < -0.39 is 6.10 Å². The van der Waals surface area contributed by atoms with Crippen LogP contribution in [0.2, 0.25) is 0 Å². The Balaban J connectivity index is 1.62. The van der Waals surface area contributed by atoms with Gasteiger partial charge in [-0.25, -0.2) is 4.98 Å². The van der Waals surface area contributed by atoms with E-state index in [9.17, 15) is 5.11 Å². The third-order valence-electron chi connectivity index (χ3n) is 5.16. The number of rotatable bonds is 5. The van der Waals surface area contributed by atoms with Gasteiger partial charge in [0.2, 0.25) is 0 Å². The first-order valence-corrected chi connectivity index (χ1v) is 9.01. The Labute approximate surface area is 145 Å². The molecule has 0 saturated carbocycles. The van der Waals surface area contributed by atoms with Gasteiger partial charge in [-0.2, -0.15) is 0 Å². The molecule has 2 unspecified atom stereocenters. The van der Waals surface area contributed by atoms with Crippen molar-refractivity contribution in [1.82, 2.24) is 14.5 Å². The zero-order valence-corrected chi connectivity index (χ0v) is 15.0. The second-order valence-electron chi connectivity index (χ2n) is 7.37. The molecule has 4 nitrogen and oxygen atoms in total. The van der Waals surface area contributed by atoms with Crippen LogP contribution in [0.25, 0.3) is 0 Å². The molecule has 0 radical (unpaired) electrons. The zero-order valence-electron chi connectivity index (χ0n) is 15.0. The lowest BCUT2D eigenvalue weighted by Gasteiger charge is -2.35. The van der Waals surface area contributed by atoms with Crippen LogP contribution >= 0.6 is 0 Å². The van der Waals surface area contributed by atoms with Crippen LogP contribution in [0.4, 0.5) is 0 Å². The third kappa shape index (κ3) is 3.87. The van der Waals surface area contributed by atoms with E-state index >= 15 is 0 Å². The highest BCUT2D eigenvalue weighted by Crippen LogP contribution is 2.29. The molecule has 4 heteroatoms. The van der Waals surface area contributed by atoms with Crippen LogP contribution in [0.15, 0.2) is 36.7 Å². The molecular formula is C20H29N3O. The van der Waals surface area contributed by atoms with Gasteiger partial charge in [0.1, 0.15) is 11.9 Å². The van der Waals surface area contributed by atoms with E-state index in [0.717, 1.165) is 38.3 Å². The van der Waals surface area contributed by atoms with Crippen molar-refractivity contribution >= 4 is 0 Å². The van der Waals surface area contributed by atoms with Gasteiger partial charge < -0.3 is 9.67 Å². The number of hydrogen-bond acceptors (Lipinski definition) is 3. The van der Waals surface area contributed by atoms with E-state index in [4.69, 9.17) is 0 Å². The number of benzene rings is 1. The number of piperidine rings is 1. The summed E-state index contributed by atoms with van der Waals surface area (Å²) in [5.41, 5.74) is 2.74. The Morgan fingerprint density at radius 2 is 2.00 bits per heavy atom. The average Bonchev–Trinajstić information content (AvgIpc) is 3.01. The maximum Gasteiger partial charge on any atom is 0.137 e. The van der Waals surface area contributed by atoms with Gasteiger partial charge in [0.15, 0.2) is 0 Å². The van der Waals surface area contributed by atoms with Crippen LogP contribution in [-0.4, -0.2) is 32.6 Å². The Morgan fingerprint density at radius 3 is 2.62 bits per heavy atom. The summed E-state index contributed by atoms with van der Waals surface area (Å²) in [7, 11) is 1.95. The lowest BCUT2D eigenvalue weighted by molar-refractivity contribution is 0.0405. The van der Waals surface area contributed by atoms with Crippen LogP contribution in [0.5, 0.6) is 0 Å². The first kappa shape index (κ1) is 17.2. The normalized spacial score (nSPS) is 20.5. The van der Waals surface area contributed by atoms with Gasteiger partial charge in [0.05, 0.1) is 0 Å². The highest BCUT2D eigenvalue weighted by atomic mass is 16.3. The molecule has 0 bridgehead atoms. The summed E-state index contributed by atoms with van der Waals surface area (Å²) in [6.07, 6.45) is 5.38. The van der Waals surface area contributed by atoms with Crippen LogP contribution < -0.4 is 0 Å². The Morgan fingerprint density at radius 1 is 1.25 bits per heavy atom. The zero-order chi connectivity index (χ0) is 17.1. The molecule has 0 amide bonds. The summed E-state index contributed by atoms with van der Waals surface area (Å²) in [6.45, 7) is 7.45. The topological polar surface area (TPSA) is 41.3 Å². The molecule has 1 aliphatic heterocycles. The fourth-order valence-corrected chi connectivity index (χ4v) is 3.63. The molecule has 1 aromatic heterocycles.